The highest BCUT2D eigenvalue weighted by Gasteiger charge is 2.24. The summed E-state index contributed by atoms with van der Waals surface area (Å²) in [7, 11) is 0. The Labute approximate surface area is 90.5 Å². The second kappa shape index (κ2) is 3.35. The van der Waals surface area contributed by atoms with Crippen LogP contribution in [0.2, 0.25) is 0 Å². The standard InChI is InChI=1S/C12H15NS/c1-12(2)8-10(14)7-9-5-3-4-6-11(9)13-12/h3-6,13H,7-8H2,1-2H3. The highest BCUT2D eigenvalue weighted by atomic mass is 32.1. The van der Waals surface area contributed by atoms with Crippen LogP contribution in [0.1, 0.15) is 25.8 Å². The van der Waals surface area contributed by atoms with Gasteiger partial charge in [0.15, 0.2) is 0 Å². The van der Waals surface area contributed by atoms with E-state index in [-0.39, 0.29) is 5.54 Å². The molecule has 0 amide bonds. The number of rotatable bonds is 0. The monoisotopic (exact) mass is 205 g/mol. The molecule has 0 bridgehead atoms. The molecular weight excluding hydrogens is 190 g/mol. The van der Waals surface area contributed by atoms with E-state index in [1.807, 2.05) is 0 Å². The predicted octanol–water partition coefficient (Wildman–Crippen LogP) is 3.19. The molecule has 2 rings (SSSR count). The third-order valence-electron chi connectivity index (χ3n) is 2.52. The van der Waals surface area contributed by atoms with Crippen LogP contribution in [0.15, 0.2) is 24.3 Å². The molecule has 0 aliphatic carbocycles. The molecule has 1 aromatic rings. The van der Waals surface area contributed by atoms with Crippen molar-refractivity contribution < 1.29 is 0 Å². The molecule has 1 nitrogen and oxygen atoms in total. The minimum Gasteiger partial charge on any atom is -0.380 e. The van der Waals surface area contributed by atoms with Gasteiger partial charge in [-0.3, -0.25) is 0 Å². The van der Waals surface area contributed by atoms with Crippen LogP contribution < -0.4 is 5.32 Å². The van der Waals surface area contributed by atoms with E-state index in [9.17, 15) is 0 Å². The largest absolute Gasteiger partial charge is 0.380 e. The SMILES string of the molecule is CC1(C)CC(=S)Cc2ccccc2N1. The van der Waals surface area contributed by atoms with E-state index in [1.165, 1.54) is 11.3 Å². The van der Waals surface area contributed by atoms with Crippen LogP contribution >= 0.6 is 12.2 Å². The van der Waals surface area contributed by atoms with Gasteiger partial charge >= 0.3 is 0 Å². The summed E-state index contributed by atoms with van der Waals surface area (Å²) < 4.78 is 0. The van der Waals surface area contributed by atoms with Crippen molar-refractivity contribution in [1.82, 2.24) is 0 Å². The normalized spacial score (nSPS) is 19.4. The fraction of sp³-hybridized carbons (Fsp3) is 0.417. The van der Waals surface area contributed by atoms with Crippen molar-refractivity contribution in [3.8, 4) is 0 Å². The topological polar surface area (TPSA) is 12.0 Å². The Morgan fingerprint density at radius 3 is 2.79 bits per heavy atom. The molecule has 0 saturated carbocycles. The fourth-order valence-corrected chi connectivity index (χ4v) is 2.49. The lowest BCUT2D eigenvalue weighted by atomic mass is 9.98. The van der Waals surface area contributed by atoms with E-state index < -0.39 is 0 Å². The molecule has 2 heteroatoms. The minimum absolute atomic E-state index is 0.0870. The van der Waals surface area contributed by atoms with E-state index in [4.69, 9.17) is 12.2 Å². The van der Waals surface area contributed by atoms with Crippen LogP contribution in [0.5, 0.6) is 0 Å². The lowest BCUT2D eigenvalue weighted by molar-refractivity contribution is 0.597. The predicted molar refractivity (Wildman–Crippen MR) is 65.1 cm³/mol. The Hall–Kier alpha value is -0.890. The Morgan fingerprint density at radius 1 is 1.29 bits per heavy atom. The highest BCUT2D eigenvalue weighted by Crippen LogP contribution is 2.27. The first-order valence-electron chi connectivity index (χ1n) is 4.95. The second-order valence-electron chi connectivity index (χ2n) is 4.56. The van der Waals surface area contributed by atoms with Crippen molar-refractivity contribution in [1.29, 1.82) is 0 Å². The summed E-state index contributed by atoms with van der Waals surface area (Å²) in [5, 5.41) is 3.54. The maximum absolute atomic E-state index is 5.38. The average molecular weight is 205 g/mol. The molecule has 0 unspecified atom stereocenters. The van der Waals surface area contributed by atoms with Crippen molar-refractivity contribution in [3.63, 3.8) is 0 Å². The molecule has 1 aliphatic heterocycles. The molecule has 74 valence electrons. The van der Waals surface area contributed by atoms with Crippen LogP contribution in [0.25, 0.3) is 0 Å². The number of fused-ring (bicyclic) bond motifs is 1. The Morgan fingerprint density at radius 2 is 2.00 bits per heavy atom. The van der Waals surface area contributed by atoms with Gasteiger partial charge in [-0.25, -0.2) is 0 Å². The molecule has 0 saturated heterocycles. The first kappa shape index (κ1) is 9.66. The van der Waals surface area contributed by atoms with Gasteiger partial charge in [-0.15, -0.1) is 0 Å². The molecule has 0 radical (unpaired) electrons. The third kappa shape index (κ3) is 1.95. The van der Waals surface area contributed by atoms with Gasteiger partial charge in [0.25, 0.3) is 0 Å². The summed E-state index contributed by atoms with van der Waals surface area (Å²) in [6.07, 6.45) is 1.90. The van der Waals surface area contributed by atoms with Crippen LogP contribution in [-0.4, -0.2) is 10.4 Å². The van der Waals surface area contributed by atoms with E-state index in [0.29, 0.717) is 0 Å². The van der Waals surface area contributed by atoms with Gasteiger partial charge in [-0.2, -0.15) is 0 Å². The van der Waals surface area contributed by atoms with Crippen LogP contribution in [0.3, 0.4) is 0 Å². The summed E-state index contributed by atoms with van der Waals surface area (Å²) in [6.45, 7) is 4.39. The van der Waals surface area contributed by atoms with Gasteiger partial charge in [-0.1, -0.05) is 30.4 Å². The quantitative estimate of drug-likeness (QED) is 0.653. The highest BCUT2D eigenvalue weighted by molar-refractivity contribution is 7.80. The summed E-state index contributed by atoms with van der Waals surface area (Å²) >= 11 is 5.38. The minimum atomic E-state index is 0.0870. The van der Waals surface area contributed by atoms with Crippen molar-refractivity contribution in [2.24, 2.45) is 0 Å². The zero-order valence-electron chi connectivity index (χ0n) is 8.63. The second-order valence-corrected chi connectivity index (χ2v) is 5.14. The van der Waals surface area contributed by atoms with Gasteiger partial charge in [0.1, 0.15) is 0 Å². The molecule has 14 heavy (non-hydrogen) atoms. The number of hydrogen-bond donors (Lipinski definition) is 1. The maximum Gasteiger partial charge on any atom is 0.0380 e. The fourth-order valence-electron chi connectivity index (χ4n) is 1.97. The number of nitrogens with one attached hydrogen (secondary N) is 1. The van der Waals surface area contributed by atoms with Crippen molar-refractivity contribution in [2.75, 3.05) is 5.32 Å². The Kier molecular flexibility index (Phi) is 2.31. The summed E-state index contributed by atoms with van der Waals surface area (Å²) in [4.78, 5) is 1.15. The van der Waals surface area contributed by atoms with Gasteiger partial charge in [0.2, 0.25) is 0 Å². The van der Waals surface area contributed by atoms with E-state index in [2.05, 4.69) is 43.4 Å². The maximum atomic E-state index is 5.38. The first-order valence-corrected chi connectivity index (χ1v) is 5.35. The zero-order valence-corrected chi connectivity index (χ0v) is 9.45. The van der Waals surface area contributed by atoms with Gasteiger partial charge in [-0.05, 0) is 30.3 Å². The average Bonchev–Trinajstić information content (AvgIpc) is 2.16. The molecule has 1 aliphatic rings. The molecule has 0 aromatic heterocycles. The van der Waals surface area contributed by atoms with Crippen LogP contribution in [0.4, 0.5) is 5.69 Å². The molecular formula is C12H15NS. The van der Waals surface area contributed by atoms with E-state index >= 15 is 0 Å². The number of para-hydroxylation sites is 1. The van der Waals surface area contributed by atoms with Gasteiger partial charge in [0, 0.05) is 24.1 Å². The molecule has 1 N–H and O–H groups in total. The van der Waals surface area contributed by atoms with E-state index in [1.54, 1.807) is 0 Å². The van der Waals surface area contributed by atoms with Crippen LogP contribution in [0, 0.1) is 0 Å². The summed E-state index contributed by atoms with van der Waals surface area (Å²) in [6, 6.07) is 8.42. The van der Waals surface area contributed by atoms with Crippen molar-refractivity contribution >= 4 is 22.8 Å². The number of thiocarbonyl (C=S) groups is 1. The number of hydrogen-bond acceptors (Lipinski definition) is 2. The smallest absolute Gasteiger partial charge is 0.0380 e. The van der Waals surface area contributed by atoms with Gasteiger partial charge in [0.05, 0.1) is 0 Å². The lowest BCUT2D eigenvalue weighted by Gasteiger charge is -2.25. The number of benzene rings is 1. The Balaban J connectivity index is 2.42. The zero-order chi connectivity index (χ0) is 10.2. The lowest BCUT2D eigenvalue weighted by Crippen LogP contribution is -2.31. The summed E-state index contributed by atoms with van der Waals surface area (Å²) in [5.74, 6) is 0. The third-order valence-corrected chi connectivity index (χ3v) is 2.81. The van der Waals surface area contributed by atoms with Crippen LogP contribution in [-0.2, 0) is 6.42 Å². The van der Waals surface area contributed by atoms with Crippen molar-refractivity contribution in [3.05, 3.63) is 29.8 Å². The van der Waals surface area contributed by atoms with Gasteiger partial charge < -0.3 is 5.32 Å². The molecule has 0 fully saturated rings. The Bertz CT molecular complexity index is 368. The first-order chi connectivity index (χ1) is 6.57. The molecule has 0 spiro atoms. The molecule has 0 atom stereocenters. The number of anilines is 1. The summed E-state index contributed by atoms with van der Waals surface area (Å²) in [5.41, 5.74) is 2.64. The van der Waals surface area contributed by atoms with Crippen molar-refractivity contribution in [2.45, 2.75) is 32.2 Å². The van der Waals surface area contributed by atoms with E-state index in [0.717, 1.165) is 17.7 Å². The molecule has 1 heterocycles. The molecule has 1 aromatic carbocycles.